The highest BCUT2D eigenvalue weighted by Crippen LogP contribution is 2.35. The van der Waals surface area contributed by atoms with Crippen LogP contribution in [0.2, 0.25) is 0 Å². The SMILES string of the molecule is CC(C)N[C@@H](C(C)C)C1(O)CCCC1. The molecule has 0 heterocycles. The summed E-state index contributed by atoms with van der Waals surface area (Å²) in [6.07, 6.45) is 4.30. The fraction of sp³-hybridized carbons (Fsp3) is 1.00. The van der Waals surface area contributed by atoms with Crippen molar-refractivity contribution in [2.75, 3.05) is 0 Å². The molecule has 14 heavy (non-hydrogen) atoms. The lowest BCUT2D eigenvalue weighted by Crippen LogP contribution is -2.54. The maximum atomic E-state index is 10.5. The molecule has 0 aliphatic heterocycles. The Hall–Kier alpha value is -0.0800. The standard InChI is InChI=1S/C12H25NO/c1-9(2)11(13-10(3)4)12(14)7-5-6-8-12/h9-11,13-14H,5-8H2,1-4H3/t11-/m0/s1. The summed E-state index contributed by atoms with van der Waals surface area (Å²) in [6.45, 7) is 8.67. The Balaban J connectivity index is 2.65. The molecule has 2 heteroatoms. The molecule has 1 aliphatic carbocycles. The van der Waals surface area contributed by atoms with Gasteiger partial charge in [0.25, 0.3) is 0 Å². The van der Waals surface area contributed by atoms with Crippen LogP contribution < -0.4 is 5.32 Å². The van der Waals surface area contributed by atoms with E-state index in [2.05, 4.69) is 33.0 Å². The number of hydrogen-bond donors (Lipinski definition) is 2. The van der Waals surface area contributed by atoms with Gasteiger partial charge in [-0.3, -0.25) is 0 Å². The molecule has 0 aromatic rings. The summed E-state index contributed by atoms with van der Waals surface area (Å²) in [7, 11) is 0. The van der Waals surface area contributed by atoms with Gasteiger partial charge in [0.05, 0.1) is 5.60 Å². The van der Waals surface area contributed by atoms with Crippen LogP contribution >= 0.6 is 0 Å². The summed E-state index contributed by atoms with van der Waals surface area (Å²) in [4.78, 5) is 0. The van der Waals surface area contributed by atoms with Crippen molar-refractivity contribution in [3.05, 3.63) is 0 Å². The van der Waals surface area contributed by atoms with Crippen molar-refractivity contribution in [3.8, 4) is 0 Å². The van der Waals surface area contributed by atoms with Crippen molar-refractivity contribution in [1.29, 1.82) is 0 Å². The Labute approximate surface area is 88.1 Å². The van der Waals surface area contributed by atoms with Crippen molar-refractivity contribution >= 4 is 0 Å². The molecule has 2 N–H and O–H groups in total. The van der Waals surface area contributed by atoms with Crippen molar-refractivity contribution in [1.82, 2.24) is 5.32 Å². The average molecular weight is 199 g/mol. The Kier molecular flexibility index (Phi) is 3.96. The first kappa shape index (κ1) is 12.0. The molecule has 1 atom stereocenters. The molecule has 0 aromatic heterocycles. The number of hydrogen-bond acceptors (Lipinski definition) is 2. The van der Waals surface area contributed by atoms with Crippen LogP contribution in [0.1, 0.15) is 53.4 Å². The molecule has 1 rings (SSSR count). The minimum atomic E-state index is -0.446. The fourth-order valence-corrected chi connectivity index (χ4v) is 2.63. The lowest BCUT2D eigenvalue weighted by Gasteiger charge is -2.37. The Bertz CT molecular complexity index is 171. The molecule has 0 radical (unpaired) electrons. The molecule has 2 nitrogen and oxygen atoms in total. The third kappa shape index (κ3) is 2.71. The molecular formula is C12H25NO. The van der Waals surface area contributed by atoms with Crippen LogP contribution in [0.4, 0.5) is 0 Å². The summed E-state index contributed by atoms with van der Waals surface area (Å²) in [5.41, 5.74) is -0.446. The highest BCUT2D eigenvalue weighted by molar-refractivity contribution is 4.97. The van der Waals surface area contributed by atoms with Gasteiger partial charge in [-0.25, -0.2) is 0 Å². The lowest BCUT2D eigenvalue weighted by molar-refractivity contribution is -0.0108. The van der Waals surface area contributed by atoms with E-state index in [1.165, 1.54) is 12.8 Å². The normalized spacial score (nSPS) is 23.4. The van der Waals surface area contributed by atoms with Crippen LogP contribution in [-0.4, -0.2) is 22.8 Å². The fourth-order valence-electron chi connectivity index (χ4n) is 2.63. The monoisotopic (exact) mass is 199 g/mol. The molecule has 0 saturated heterocycles. The minimum absolute atomic E-state index is 0.255. The van der Waals surface area contributed by atoms with Crippen LogP contribution in [-0.2, 0) is 0 Å². The zero-order valence-corrected chi connectivity index (χ0v) is 10.0. The third-order valence-electron chi connectivity index (χ3n) is 3.23. The van der Waals surface area contributed by atoms with Crippen LogP contribution in [0, 0.1) is 5.92 Å². The van der Waals surface area contributed by atoms with Gasteiger partial charge >= 0.3 is 0 Å². The maximum Gasteiger partial charge on any atom is 0.0802 e. The molecule has 0 bridgehead atoms. The predicted molar refractivity (Wildman–Crippen MR) is 60.3 cm³/mol. The van der Waals surface area contributed by atoms with Gasteiger partial charge in [0.2, 0.25) is 0 Å². The summed E-state index contributed by atoms with van der Waals surface area (Å²) < 4.78 is 0. The topological polar surface area (TPSA) is 32.3 Å². The number of aliphatic hydroxyl groups is 1. The van der Waals surface area contributed by atoms with Crippen molar-refractivity contribution in [2.24, 2.45) is 5.92 Å². The number of nitrogens with one attached hydrogen (secondary N) is 1. The van der Waals surface area contributed by atoms with E-state index in [9.17, 15) is 5.11 Å². The van der Waals surface area contributed by atoms with E-state index < -0.39 is 5.60 Å². The zero-order valence-electron chi connectivity index (χ0n) is 10.0. The molecule has 84 valence electrons. The molecule has 0 unspecified atom stereocenters. The summed E-state index contributed by atoms with van der Waals surface area (Å²) in [5.74, 6) is 0.500. The van der Waals surface area contributed by atoms with E-state index in [-0.39, 0.29) is 6.04 Å². The summed E-state index contributed by atoms with van der Waals surface area (Å²) >= 11 is 0. The van der Waals surface area contributed by atoms with Crippen LogP contribution in [0.3, 0.4) is 0 Å². The predicted octanol–water partition coefficient (Wildman–Crippen LogP) is 2.31. The van der Waals surface area contributed by atoms with Gasteiger partial charge < -0.3 is 10.4 Å². The third-order valence-corrected chi connectivity index (χ3v) is 3.23. The van der Waals surface area contributed by atoms with E-state index in [1.54, 1.807) is 0 Å². The van der Waals surface area contributed by atoms with Crippen molar-refractivity contribution in [3.63, 3.8) is 0 Å². The van der Waals surface area contributed by atoms with Gasteiger partial charge in [0.1, 0.15) is 0 Å². The first-order valence-electron chi connectivity index (χ1n) is 5.94. The first-order chi connectivity index (χ1) is 6.46. The first-order valence-corrected chi connectivity index (χ1v) is 5.94. The van der Waals surface area contributed by atoms with E-state index in [1.807, 2.05) is 0 Å². The smallest absolute Gasteiger partial charge is 0.0802 e. The van der Waals surface area contributed by atoms with Crippen LogP contribution in [0.15, 0.2) is 0 Å². The largest absolute Gasteiger partial charge is 0.388 e. The van der Waals surface area contributed by atoms with Gasteiger partial charge in [0.15, 0.2) is 0 Å². The van der Waals surface area contributed by atoms with Gasteiger partial charge in [-0.2, -0.15) is 0 Å². The molecule has 0 spiro atoms. The molecule has 0 amide bonds. The second-order valence-electron chi connectivity index (χ2n) is 5.35. The Morgan fingerprint density at radius 3 is 1.93 bits per heavy atom. The van der Waals surface area contributed by atoms with E-state index in [4.69, 9.17) is 0 Å². The van der Waals surface area contributed by atoms with Crippen LogP contribution in [0.25, 0.3) is 0 Å². The van der Waals surface area contributed by atoms with Gasteiger partial charge in [-0.05, 0) is 18.8 Å². The van der Waals surface area contributed by atoms with Gasteiger partial charge in [-0.15, -0.1) is 0 Å². The average Bonchev–Trinajstić information content (AvgIpc) is 2.48. The molecule has 1 saturated carbocycles. The van der Waals surface area contributed by atoms with E-state index >= 15 is 0 Å². The summed E-state index contributed by atoms with van der Waals surface area (Å²) in [6, 6.07) is 0.706. The quantitative estimate of drug-likeness (QED) is 0.728. The Morgan fingerprint density at radius 1 is 1.07 bits per heavy atom. The lowest BCUT2D eigenvalue weighted by atomic mass is 9.84. The summed E-state index contributed by atoms with van der Waals surface area (Å²) in [5, 5.41) is 14.0. The van der Waals surface area contributed by atoms with Gasteiger partial charge in [0, 0.05) is 12.1 Å². The molecule has 0 aromatic carbocycles. The number of rotatable bonds is 4. The van der Waals surface area contributed by atoms with E-state index in [0.29, 0.717) is 12.0 Å². The molecular weight excluding hydrogens is 174 g/mol. The molecule has 1 aliphatic rings. The minimum Gasteiger partial charge on any atom is -0.388 e. The van der Waals surface area contributed by atoms with E-state index in [0.717, 1.165) is 12.8 Å². The molecule has 1 fully saturated rings. The highest BCUT2D eigenvalue weighted by Gasteiger charge is 2.40. The Morgan fingerprint density at radius 2 is 1.57 bits per heavy atom. The second kappa shape index (κ2) is 4.63. The second-order valence-corrected chi connectivity index (χ2v) is 5.35. The maximum absolute atomic E-state index is 10.5. The van der Waals surface area contributed by atoms with Crippen molar-refractivity contribution < 1.29 is 5.11 Å². The van der Waals surface area contributed by atoms with Crippen LogP contribution in [0.5, 0.6) is 0 Å². The highest BCUT2D eigenvalue weighted by atomic mass is 16.3. The van der Waals surface area contributed by atoms with Crippen molar-refractivity contribution in [2.45, 2.75) is 71.1 Å². The van der Waals surface area contributed by atoms with Gasteiger partial charge in [-0.1, -0.05) is 40.5 Å². The zero-order chi connectivity index (χ0) is 10.8.